The normalized spacial score (nSPS) is 14.9. The van der Waals surface area contributed by atoms with Crippen LogP contribution >= 0.6 is 11.3 Å². The number of halogens is 4. The summed E-state index contributed by atoms with van der Waals surface area (Å²) in [5.74, 6) is -0.0251. The first-order valence-electron chi connectivity index (χ1n) is 9.00. The van der Waals surface area contributed by atoms with E-state index in [0.717, 1.165) is 10.3 Å². The number of piperazine rings is 1. The van der Waals surface area contributed by atoms with E-state index in [1.165, 1.54) is 23.8 Å². The lowest BCUT2D eigenvalue weighted by Crippen LogP contribution is -2.47. The van der Waals surface area contributed by atoms with Gasteiger partial charge in [-0.2, -0.15) is 18.2 Å². The Balaban J connectivity index is 1.40. The summed E-state index contributed by atoms with van der Waals surface area (Å²) in [5, 5.41) is 0.305. The third kappa shape index (κ3) is 4.42. The number of anilines is 2. The fraction of sp³-hybridized carbons (Fsp3) is 0.333. The van der Waals surface area contributed by atoms with Crippen molar-refractivity contribution >= 4 is 23.0 Å². The van der Waals surface area contributed by atoms with Crippen LogP contribution in [0, 0.1) is 5.82 Å². The maximum Gasteiger partial charge on any atom is 0.443 e. The Bertz CT molecular complexity index is 1070. The minimum atomic E-state index is -4.51. The molecule has 158 valence electrons. The van der Waals surface area contributed by atoms with E-state index in [1.807, 2.05) is 4.90 Å². The molecule has 0 unspecified atom stereocenters. The standard InChI is InChI=1S/C18H16F4N6OS/c19-12-1-3-14(4-2-12)26-5-7-27(8-6-26)16-23-11-28(17(29)25-16)9-13-10-30-15(24-13)18(20,21)22/h1-4,10-11H,5-9H2. The molecule has 2 aromatic heterocycles. The summed E-state index contributed by atoms with van der Waals surface area (Å²) in [6.07, 6.45) is -3.24. The number of aromatic nitrogens is 4. The topological polar surface area (TPSA) is 67.2 Å². The average Bonchev–Trinajstić information content (AvgIpc) is 3.20. The van der Waals surface area contributed by atoms with Crippen LogP contribution in [0.2, 0.25) is 0 Å². The van der Waals surface area contributed by atoms with Gasteiger partial charge in [0.05, 0.1) is 12.2 Å². The minimum Gasteiger partial charge on any atom is -0.368 e. The van der Waals surface area contributed by atoms with Crippen LogP contribution in [-0.4, -0.2) is 45.7 Å². The summed E-state index contributed by atoms with van der Waals surface area (Å²) in [7, 11) is 0. The maximum atomic E-state index is 13.1. The predicted molar refractivity (Wildman–Crippen MR) is 103 cm³/mol. The molecule has 0 N–H and O–H groups in total. The highest BCUT2D eigenvalue weighted by atomic mass is 32.1. The van der Waals surface area contributed by atoms with Crippen molar-refractivity contribution in [3.8, 4) is 0 Å². The number of hydrogen-bond acceptors (Lipinski definition) is 7. The Morgan fingerprint density at radius 2 is 1.67 bits per heavy atom. The highest BCUT2D eigenvalue weighted by Crippen LogP contribution is 2.31. The lowest BCUT2D eigenvalue weighted by atomic mass is 10.2. The second-order valence-electron chi connectivity index (χ2n) is 6.66. The maximum absolute atomic E-state index is 13.1. The molecule has 0 spiro atoms. The van der Waals surface area contributed by atoms with E-state index in [2.05, 4.69) is 19.9 Å². The average molecular weight is 440 g/mol. The van der Waals surface area contributed by atoms with Gasteiger partial charge in [-0.05, 0) is 24.3 Å². The van der Waals surface area contributed by atoms with Crippen LogP contribution in [0.3, 0.4) is 0 Å². The van der Waals surface area contributed by atoms with Gasteiger partial charge in [-0.25, -0.2) is 19.2 Å². The van der Waals surface area contributed by atoms with Gasteiger partial charge in [0.2, 0.25) is 5.95 Å². The van der Waals surface area contributed by atoms with Gasteiger partial charge in [0.1, 0.15) is 12.1 Å². The van der Waals surface area contributed by atoms with Gasteiger partial charge in [-0.15, -0.1) is 11.3 Å². The van der Waals surface area contributed by atoms with Crippen molar-refractivity contribution in [3.63, 3.8) is 0 Å². The lowest BCUT2D eigenvalue weighted by Gasteiger charge is -2.36. The highest BCUT2D eigenvalue weighted by Gasteiger charge is 2.34. The first-order chi connectivity index (χ1) is 14.3. The van der Waals surface area contributed by atoms with Crippen molar-refractivity contribution in [3.05, 3.63) is 63.0 Å². The Morgan fingerprint density at radius 3 is 2.27 bits per heavy atom. The monoisotopic (exact) mass is 440 g/mol. The molecule has 1 aromatic carbocycles. The van der Waals surface area contributed by atoms with Gasteiger partial charge in [-0.1, -0.05) is 0 Å². The number of rotatable bonds is 4. The van der Waals surface area contributed by atoms with E-state index < -0.39 is 16.9 Å². The Morgan fingerprint density at radius 1 is 1.00 bits per heavy atom. The Hall–Kier alpha value is -3.02. The highest BCUT2D eigenvalue weighted by molar-refractivity contribution is 7.09. The summed E-state index contributed by atoms with van der Waals surface area (Å²) in [4.78, 5) is 27.9. The number of alkyl halides is 3. The molecule has 0 radical (unpaired) electrons. The van der Waals surface area contributed by atoms with E-state index in [1.54, 1.807) is 12.1 Å². The molecule has 0 bridgehead atoms. The summed E-state index contributed by atoms with van der Waals surface area (Å²) in [5.41, 5.74) is 0.426. The molecule has 7 nitrogen and oxygen atoms in total. The molecular weight excluding hydrogens is 424 g/mol. The molecule has 1 fully saturated rings. The van der Waals surface area contributed by atoms with Gasteiger partial charge >= 0.3 is 11.9 Å². The third-order valence-electron chi connectivity index (χ3n) is 4.63. The van der Waals surface area contributed by atoms with Crippen molar-refractivity contribution in [2.45, 2.75) is 12.7 Å². The zero-order chi connectivity index (χ0) is 21.3. The van der Waals surface area contributed by atoms with E-state index in [0.29, 0.717) is 37.5 Å². The Kier molecular flexibility index (Phi) is 5.41. The molecule has 30 heavy (non-hydrogen) atoms. The number of benzene rings is 1. The van der Waals surface area contributed by atoms with Crippen molar-refractivity contribution < 1.29 is 17.6 Å². The van der Waals surface area contributed by atoms with Crippen LogP contribution in [0.15, 0.2) is 40.8 Å². The van der Waals surface area contributed by atoms with E-state index in [9.17, 15) is 22.4 Å². The van der Waals surface area contributed by atoms with Crippen LogP contribution < -0.4 is 15.5 Å². The molecule has 12 heteroatoms. The van der Waals surface area contributed by atoms with Crippen LogP contribution in [0.25, 0.3) is 0 Å². The first-order valence-corrected chi connectivity index (χ1v) is 9.88. The van der Waals surface area contributed by atoms with Gasteiger partial charge in [0.25, 0.3) is 0 Å². The zero-order valence-corrected chi connectivity index (χ0v) is 16.3. The smallest absolute Gasteiger partial charge is 0.368 e. The molecular formula is C18H16F4N6OS. The van der Waals surface area contributed by atoms with E-state index in [-0.39, 0.29) is 24.0 Å². The summed E-state index contributed by atoms with van der Waals surface area (Å²) >= 11 is 0.481. The molecule has 0 amide bonds. The van der Waals surface area contributed by atoms with Crippen LogP contribution in [0.4, 0.5) is 29.2 Å². The van der Waals surface area contributed by atoms with Crippen molar-refractivity contribution in [1.82, 2.24) is 19.5 Å². The lowest BCUT2D eigenvalue weighted by molar-refractivity contribution is -0.137. The van der Waals surface area contributed by atoms with Gasteiger partial charge in [0, 0.05) is 37.2 Å². The first kappa shape index (κ1) is 20.3. The van der Waals surface area contributed by atoms with Crippen molar-refractivity contribution in [1.29, 1.82) is 0 Å². The van der Waals surface area contributed by atoms with Crippen LogP contribution in [0.1, 0.15) is 10.7 Å². The van der Waals surface area contributed by atoms with E-state index in [4.69, 9.17) is 0 Å². The minimum absolute atomic E-state index is 0.124. The molecule has 0 saturated carbocycles. The molecule has 4 rings (SSSR count). The van der Waals surface area contributed by atoms with Crippen LogP contribution in [0.5, 0.6) is 0 Å². The van der Waals surface area contributed by atoms with Gasteiger partial charge < -0.3 is 9.80 Å². The van der Waals surface area contributed by atoms with Crippen molar-refractivity contribution in [2.24, 2.45) is 0 Å². The summed E-state index contributed by atoms with van der Waals surface area (Å²) in [6, 6.07) is 6.24. The number of nitrogens with zero attached hydrogens (tertiary/aromatic N) is 6. The van der Waals surface area contributed by atoms with Crippen LogP contribution in [-0.2, 0) is 12.7 Å². The molecule has 1 saturated heterocycles. The second kappa shape index (κ2) is 8.01. The number of thiazole rings is 1. The number of hydrogen-bond donors (Lipinski definition) is 0. The van der Waals surface area contributed by atoms with Gasteiger partial charge in [0.15, 0.2) is 5.01 Å². The molecule has 3 aromatic rings. The molecule has 1 aliphatic heterocycles. The fourth-order valence-electron chi connectivity index (χ4n) is 3.11. The second-order valence-corrected chi connectivity index (χ2v) is 7.52. The zero-order valence-electron chi connectivity index (χ0n) is 15.5. The van der Waals surface area contributed by atoms with Crippen molar-refractivity contribution in [2.75, 3.05) is 36.0 Å². The Labute approximate surface area is 172 Å². The van der Waals surface area contributed by atoms with E-state index >= 15 is 0 Å². The largest absolute Gasteiger partial charge is 0.443 e. The quantitative estimate of drug-likeness (QED) is 0.581. The molecule has 0 atom stereocenters. The SMILES string of the molecule is O=c1nc(N2CCN(c3ccc(F)cc3)CC2)ncn1Cc1csc(C(F)(F)F)n1. The summed E-state index contributed by atoms with van der Waals surface area (Å²) < 4.78 is 52.2. The third-order valence-corrected chi connectivity index (χ3v) is 5.57. The summed E-state index contributed by atoms with van der Waals surface area (Å²) in [6.45, 7) is 2.31. The molecule has 1 aliphatic rings. The van der Waals surface area contributed by atoms with Gasteiger partial charge in [-0.3, -0.25) is 4.57 Å². The fourth-order valence-corrected chi connectivity index (χ4v) is 3.79. The predicted octanol–water partition coefficient (Wildman–Crippen LogP) is 2.63. The molecule has 0 aliphatic carbocycles. The molecule has 3 heterocycles.